The van der Waals surface area contributed by atoms with Crippen molar-refractivity contribution in [2.75, 3.05) is 11.9 Å². The molecule has 3 heteroatoms. The molecule has 0 aliphatic heterocycles. The summed E-state index contributed by atoms with van der Waals surface area (Å²) in [6.45, 7) is 2.10. The molecular formula is C22H19N3. The molecule has 0 fully saturated rings. The van der Waals surface area contributed by atoms with Gasteiger partial charge in [0.2, 0.25) is 5.95 Å². The van der Waals surface area contributed by atoms with E-state index in [-0.39, 0.29) is 0 Å². The molecule has 4 rings (SSSR count). The van der Waals surface area contributed by atoms with Crippen LogP contribution in [0.4, 0.5) is 11.6 Å². The summed E-state index contributed by atoms with van der Waals surface area (Å²) in [5.74, 6) is 0.701. The second-order valence-electron chi connectivity index (χ2n) is 6.12. The maximum atomic E-state index is 4.79. The highest BCUT2D eigenvalue weighted by Crippen LogP contribution is 2.29. The molecule has 0 atom stereocenters. The van der Waals surface area contributed by atoms with Gasteiger partial charge in [0.25, 0.3) is 0 Å². The third-order valence-electron chi connectivity index (χ3n) is 4.47. The average Bonchev–Trinajstić information content (AvgIpc) is 2.67. The molecule has 1 aromatic heterocycles. The average molecular weight is 325 g/mol. The van der Waals surface area contributed by atoms with Crippen LogP contribution in [0.15, 0.2) is 79.0 Å². The predicted molar refractivity (Wildman–Crippen MR) is 104 cm³/mol. The first kappa shape index (κ1) is 15.3. The maximum Gasteiger partial charge on any atom is 0.230 e. The lowest BCUT2D eigenvalue weighted by Gasteiger charge is -2.19. The second kappa shape index (κ2) is 6.36. The number of para-hydroxylation sites is 1. The van der Waals surface area contributed by atoms with Gasteiger partial charge >= 0.3 is 0 Å². The number of benzene rings is 3. The Bertz CT molecular complexity index is 1030. The summed E-state index contributed by atoms with van der Waals surface area (Å²) < 4.78 is 0. The first-order valence-corrected chi connectivity index (χ1v) is 8.34. The Morgan fingerprint density at radius 1 is 0.800 bits per heavy atom. The van der Waals surface area contributed by atoms with Gasteiger partial charge in [-0.1, -0.05) is 60.7 Å². The van der Waals surface area contributed by atoms with Crippen molar-refractivity contribution in [2.45, 2.75) is 6.92 Å². The molecule has 0 spiro atoms. The lowest BCUT2D eigenvalue weighted by Crippen LogP contribution is -2.14. The quantitative estimate of drug-likeness (QED) is 0.507. The van der Waals surface area contributed by atoms with E-state index < -0.39 is 0 Å². The van der Waals surface area contributed by atoms with Crippen molar-refractivity contribution in [2.24, 2.45) is 0 Å². The van der Waals surface area contributed by atoms with Gasteiger partial charge < -0.3 is 4.90 Å². The lowest BCUT2D eigenvalue weighted by atomic mass is 10.0. The molecule has 25 heavy (non-hydrogen) atoms. The van der Waals surface area contributed by atoms with Crippen molar-refractivity contribution in [3.8, 4) is 11.1 Å². The summed E-state index contributed by atoms with van der Waals surface area (Å²) in [5.41, 5.74) is 5.60. The Hall–Kier alpha value is -3.20. The van der Waals surface area contributed by atoms with Crippen LogP contribution in [-0.4, -0.2) is 17.0 Å². The topological polar surface area (TPSA) is 29.0 Å². The molecule has 122 valence electrons. The van der Waals surface area contributed by atoms with Crippen LogP contribution >= 0.6 is 0 Å². The van der Waals surface area contributed by atoms with Crippen LogP contribution in [0, 0.1) is 6.92 Å². The highest BCUT2D eigenvalue weighted by Gasteiger charge is 2.11. The van der Waals surface area contributed by atoms with Crippen LogP contribution in [0.1, 0.15) is 5.56 Å². The second-order valence-corrected chi connectivity index (χ2v) is 6.12. The van der Waals surface area contributed by atoms with Gasteiger partial charge in [-0.25, -0.2) is 9.97 Å². The highest BCUT2D eigenvalue weighted by atomic mass is 15.2. The van der Waals surface area contributed by atoms with E-state index in [0.29, 0.717) is 5.95 Å². The van der Waals surface area contributed by atoms with Crippen LogP contribution in [0.5, 0.6) is 0 Å². The summed E-state index contributed by atoms with van der Waals surface area (Å²) in [5, 5.41) is 1.07. The number of hydrogen-bond acceptors (Lipinski definition) is 3. The summed E-state index contributed by atoms with van der Waals surface area (Å²) in [4.78, 5) is 11.5. The van der Waals surface area contributed by atoms with E-state index in [9.17, 15) is 0 Å². The SMILES string of the molecule is Cc1ccccc1N(C)c1ncc2c(-c3ccccc3)cccc2n1. The smallest absolute Gasteiger partial charge is 0.230 e. The Kier molecular flexibility index (Phi) is 3.90. The number of aryl methyl sites for hydroxylation is 1. The minimum Gasteiger partial charge on any atom is -0.313 e. The Labute approximate surface area is 147 Å². The van der Waals surface area contributed by atoms with Crippen molar-refractivity contribution in [1.29, 1.82) is 0 Å². The van der Waals surface area contributed by atoms with Crippen LogP contribution in [0.3, 0.4) is 0 Å². The van der Waals surface area contributed by atoms with E-state index in [2.05, 4.69) is 60.4 Å². The first-order valence-electron chi connectivity index (χ1n) is 8.34. The van der Waals surface area contributed by atoms with Crippen molar-refractivity contribution >= 4 is 22.5 Å². The van der Waals surface area contributed by atoms with Gasteiger partial charge in [0.05, 0.1) is 5.52 Å². The number of rotatable bonds is 3. The van der Waals surface area contributed by atoms with E-state index in [1.807, 2.05) is 42.4 Å². The summed E-state index contributed by atoms with van der Waals surface area (Å²) >= 11 is 0. The number of anilines is 2. The van der Waals surface area contributed by atoms with E-state index in [1.54, 1.807) is 0 Å². The van der Waals surface area contributed by atoms with Crippen LogP contribution in [0.25, 0.3) is 22.0 Å². The molecule has 1 heterocycles. The molecule has 0 saturated carbocycles. The molecule has 3 nitrogen and oxygen atoms in total. The summed E-state index contributed by atoms with van der Waals surface area (Å²) in [6, 6.07) is 24.8. The van der Waals surface area contributed by atoms with Gasteiger partial charge in [-0.3, -0.25) is 0 Å². The third-order valence-corrected chi connectivity index (χ3v) is 4.47. The van der Waals surface area contributed by atoms with Crippen LogP contribution in [0.2, 0.25) is 0 Å². The Morgan fingerprint density at radius 2 is 1.56 bits per heavy atom. The van der Waals surface area contributed by atoms with Gasteiger partial charge in [-0.2, -0.15) is 0 Å². The van der Waals surface area contributed by atoms with Crippen molar-refractivity contribution in [3.05, 3.63) is 84.6 Å². The molecule has 4 aromatic rings. The Morgan fingerprint density at radius 3 is 2.36 bits per heavy atom. The predicted octanol–water partition coefficient (Wildman–Crippen LogP) is 5.37. The standard InChI is InChI=1S/C22H19N3/c1-16-9-6-7-14-21(16)25(2)22-23-15-19-18(12-8-13-20(19)24-22)17-10-4-3-5-11-17/h3-15H,1-2H3. The third kappa shape index (κ3) is 2.85. The van der Waals surface area contributed by atoms with Gasteiger partial charge in [0.15, 0.2) is 0 Å². The summed E-state index contributed by atoms with van der Waals surface area (Å²) in [6.07, 6.45) is 1.93. The first-order chi connectivity index (χ1) is 12.2. The van der Waals surface area contributed by atoms with Crippen molar-refractivity contribution in [3.63, 3.8) is 0 Å². The van der Waals surface area contributed by atoms with E-state index in [0.717, 1.165) is 22.2 Å². The number of nitrogens with zero attached hydrogens (tertiary/aromatic N) is 3. The van der Waals surface area contributed by atoms with Crippen molar-refractivity contribution in [1.82, 2.24) is 9.97 Å². The van der Waals surface area contributed by atoms with Gasteiger partial charge in [-0.15, -0.1) is 0 Å². The number of aromatic nitrogens is 2. The minimum atomic E-state index is 0.701. The largest absolute Gasteiger partial charge is 0.313 e. The van der Waals surface area contributed by atoms with Gasteiger partial charge in [0.1, 0.15) is 0 Å². The number of hydrogen-bond donors (Lipinski definition) is 0. The highest BCUT2D eigenvalue weighted by molar-refractivity contribution is 5.94. The zero-order chi connectivity index (χ0) is 17.2. The lowest BCUT2D eigenvalue weighted by molar-refractivity contribution is 1.06. The van der Waals surface area contributed by atoms with E-state index in [4.69, 9.17) is 4.98 Å². The molecule has 0 radical (unpaired) electrons. The summed E-state index contributed by atoms with van der Waals surface area (Å²) in [7, 11) is 2.00. The fraction of sp³-hybridized carbons (Fsp3) is 0.0909. The molecule has 0 unspecified atom stereocenters. The molecule has 0 N–H and O–H groups in total. The monoisotopic (exact) mass is 325 g/mol. The van der Waals surface area contributed by atoms with E-state index in [1.165, 1.54) is 11.1 Å². The van der Waals surface area contributed by atoms with E-state index >= 15 is 0 Å². The minimum absolute atomic E-state index is 0.701. The molecule has 0 amide bonds. The molecule has 0 aliphatic carbocycles. The zero-order valence-corrected chi connectivity index (χ0v) is 14.3. The fourth-order valence-electron chi connectivity index (χ4n) is 3.12. The molecule has 0 aliphatic rings. The molecule has 3 aromatic carbocycles. The molecule has 0 bridgehead atoms. The zero-order valence-electron chi connectivity index (χ0n) is 14.3. The number of fused-ring (bicyclic) bond motifs is 1. The fourth-order valence-corrected chi connectivity index (χ4v) is 3.12. The molecular weight excluding hydrogens is 306 g/mol. The van der Waals surface area contributed by atoms with Gasteiger partial charge in [-0.05, 0) is 35.7 Å². The van der Waals surface area contributed by atoms with Crippen LogP contribution in [-0.2, 0) is 0 Å². The normalized spacial score (nSPS) is 10.8. The molecule has 0 saturated heterocycles. The van der Waals surface area contributed by atoms with Crippen molar-refractivity contribution < 1.29 is 0 Å². The maximum absolute atomic E-state index is 4.79. The van der Waals surface area contributed by atoms with Gasteiger partial charge in [0, 0.05) is 24.3 Å². The Balaban J connectivity index is 1.81. The van der Waals surface area contributed by atoms with Crippen LogP contribution < -0.4 is 4.90 Å².